The van der Waals surface area contributed by atoms with Gasteiger partial charge in [-0.2, -0.15) is 0 Å². The summed E-state index contributed by atoms with van der Waals surface area (Å²) >= 11 is 0. The Hall–Kier alpha value is -1.30. The number of ether oxygens (including phenoxy) is 6. The van der Waals surface area contributed by atoms with Crippen molar-refractivity contribution < 1.29 is 63.5 Å². The number of nitrogens with zero attached hydrogens (tertiary/aromatic N) is 1. The van der Waals surface area contributed by atoms with Crippen molar-refractivity contribution in [1.82, 2.24) is 4.90 Å². The Kier molecular flexibility index (Phi) is 14.7. The van der Waals surface area contributed by atoms with E-state index in [1.165, 1.54) is 27.9 Å². The average molecular weight is 734 g/mol. The molecule has 14 heteroatoms. The molecule has 3 heterocycles. The van der Waals surface area contributed by atoms with Crippen molar-refractivity contribution in [2.24, 2.45) is 23.7 Å². The summed E-state index contributed by atoms with van der Waals surface area (Å²) in [5.41, 5.74) is -4.84. The number of cyclic esters (lactones) is 1. The first-order valence-electron chi connectivity index (χ1n) is 18.5. The van der Waals surface area contributed by atoms with Gasteiger partial charge in [0, 0.05) is 37.3 Å². The van der Waals surface area contributed by atoms with E-state index in [1.54, 1.807) is 41.5 Å². The van der Waals surface area contributed by atoms with Crippen LogP contribution >= 0.6 is 0 Å². The van der Waals surface area contributed by atoms with E-state index in [2.05, 4.69) is 0 Å². The van der Waals surface area contributed by atoms with Crippen LogP contribution in [0, 0.1) is 23.7 Å². The van der Waals surface area contributed by atoms with Gasteiger partial charge in [-0.3, -0.25) is 9.59 Å². The molecule has 0 aliphatic carbocycles. The number of hydrogen-bond donors (Lipinski definition) is 5. The first-order chi connectivity index (χ1) is 23.4. The van der Waals surface area contributed by atoms with E-state index in [0.717, 1.165) is 0 Å². The van der Waals surface area contributed by atoms with Crippen LogP contribution in [0.25, 0.3) is 0 Å². The van der Waals surface area contributed by atoms with Crippen LogP contribution in [0.3, 0.4) is 0 Å². The number of ketones is 1. The lowest BCUT2D eigenvalue weighted by atomic mass is 9.74. The highest BCUT2D eigenvalue weighted by atomic mass is 16.7. The summed E-state index contributed by atoms with van der Waals surface area (Å²) in [5, 5.41) is 57.6. The zero-order valence-corrected chi connectivity index (χ0v) is 32.9. The van der Waals surface area contributed by atoms with Crippen molar-refractivity contribution in [1.29, 1.82) is 0 Å². The average Bonchev–Trinajstić information content (AvgIpc) is 3.05. The van der Waals surface area contributed by atoms with Gasteiger partial charge >= 0.3 is 5.97 Å². The lowest BCUT2D eigenvalue weighted by Crippen LogP contribution is -2.61. The maximum Gasteiger partial charge on any atom is 0.311 e. The first kappa shape index (κ1) is 44.1. The van der Waals surface area contributed by atoms with E-state index < -0.39 is 108 Å². The van der Waals surface area contributed by atoms with Crippen LogP contribution in [0.2, 0.25) is 0 Å². The lowest BCUT2D eigenvalue weighted by Gasteiger charge is -2.49. The number of Topliss-reactive ketones (excluding diaryl/α,β-unsaturated/α-hetero) is 1. The molecule has 3 aliphatic rings. The Morgan fingerprint density at radius 2 is 1.49 bits per heavy atom. The molecule has 3 aliphatic heterocycles. The number of aliphatic hydroxyl groups is 5. The molecule has 0 aromatic heterocycles. The Morgan fingerprint density at radius 1 is 0.882 bits per heavy atom. The second-order valence-electron chi connectivity index (χ2n) is 16.5. The molecule has 0 bridgehead atoms. The molecule has 298 valence electrons. The zero-order chi connectivity index (χ0) is 39.0. The molecule has 3 fully saturated rings. The quantitative estimate of drug-likeness (QED) is 0.238. The van der Waals surface area contributed by atoms with Crippen molar-refractivity contribution >= 4 is 11.8 Å². The number of esters is 1. The molecule has 0 saturated carbocycles. The Bertz CT molecular complexity index is 1170. The topological polar surface area (TPSA) is 194 Å². The van der Waals surface area contributed by atoms with Crippen molar-refractivity contribution in [2.45, 2.75) is 179 Å². The van der Waals surface area contributed by atoms with Crippen molar-refractivity contribution in [2.75, 3.05) is 21.2 Å². The third-order valence-corrected chi connectivity index (χ3v) is 11.8. The van der Waals surface area contributed by atoms with E-state index in [9.17, 15) is 35.1 Å². The molecule has 0 radical (unpaired) electrons. The summed E-state index contributed by atoms with van der Waals surface area (Å²) in [4.78, 5) is 29.8. The third-order valence-electron chi connectivity index (χ3n) is 11.8. The van der Waals surface area contributed by atoms with Gasteiger partial charge in [-0.05, 0) is 74.9 Å². The summed E-state index contributed by atoms with van der Waals surface area (Å²) in [7, 11) is 5.18. The predicted molar refractivity (Wildman–Crippen MR) is 186 cm³/mol. The van der Waals surface area contributed by atoms with E-state index in [0.29, 0.717) is 6.42 Å². The van der Waals surface area contributed by atoms with Gasteiger partial charge < -0.3 is 58.9 Å². The van der Waals surface area contributed by atoms with Crippen molar-refractivity contribution in [3.05, 3.63) is 0 Å². The van der Waals surface area contributed by atoms with Crippen LogP contribution < -0.4 is 0 Å². The number of methoxy groups -OCH3 is 1. The van der Waals surface area contributed by atoms with Gasteiger partial charge in [0.1, 0.15) is 29.7 Å². The fourth-order valence-electron chi connectivity index (χ4n) is 8.41. The molecular weight excluding hydrogens is 666 g/mol. The van der Waals surface area contributed by atoms with Gasteiger partial charge in [-0.15, -0.1) is 0 Å². The number of likely N-dealkylation sites (N-methyl/N-ethyl adjacent to an activating group) is 1. The maximum absolute atomic E-state index is 14.1. The maximum atomic E-state index is 14.1. The molecule has 3 rings (SSSR count). The number of aliphatic hydroxyl groups excluding tert-OH is 3. The normalized spacial score (nSPS) is 49.7. The van der Waals surface area contributed by atoms with Gasteiger partial charge in [-0.1, -0.05) is 27.7 Å². The standard InChI is InChI=1S/C37H67NO13/c1-14-25-37(10,45)30(41)20(4)27(39)18(2)16-35(8,44)32(51-34-28(40)24(38(11)12)15-19(3)47-34)21(5)29(22(6)33(43)49-25)50-26-17-36(9,46-13)31(42)23(7)48-26/h18-26,28-32,34,40-42,44-45H,14-17H2,1-13H3/t18-,19+,20-,21-,22+,23-,24-,25+,26-,28+,29-,30+,31-,32+,34-,35+,36+,37+/m0/s1. The molecule has 0 amide bonds. The second kappa shape index (κ2) is 17.0. The van der Waals surface area contributed by atoms with E-state index >= 15 is 0 Å². The largest absolute Gasteiger partial charge is 0.459 e. The van der Waals surface area contributed by atoms with Gasteiger partial charge in [0.25, 0.3) is 0 Å². The second-order valence-corrected chi connectivity index (χ2v) is 16.5. The summed E-state index contributed by atoms with van der Waals surface area (Å²) in [6.07, 6.45) is -9.71. The summed E-state index contributed by atoms with van der Waals surface area (Å²) in [5.74, 6) is -4.98. The molecule has 0 aromatic rings. The van der Waals surface area contributed by atoms with Crippen molar-refractivity contribution in [3.63, 3.8) is 0 Å². The first-order valence-corrected chi connectivity index (χ1v) is 18.5. The Labute approximate surface area is 304 Å². The number of carbonyl (C=O) groups is 2. The van der Waals surface area contributed by atoms with Crippen LogP contribution in [-0.2, 0) is 38.0 Å². The fourth-order valence-corrected chi connectivity index (χ4v) is 8.41. The summed E-state index contributed by atoms with van der Waals surface area (Å²) in [6.45, 7) is 16.3. The minimum Gasteiger partial charge on any atom is -0.459 e. The van der Waals surface area contributed by atoms with Gasteiger partial charge in [0.15, 0.2) is 12.6 Å². The number of carbonyl (C=O) groups excluding carboxylic acids is 2. The summed E-state index contributed by atoms with van der Waals surface area (Å²) < 4.78 is 37.1. The van der Waals surface area contributed by atoms with Crippen LogP contribution in [0.1, 0.15) is 94.9 Å². The van der Waals surface area contributed by atoms with Crippen LogP contribution in [0.4, 0.5) is 0 Å². The van der Waals surface area contributed by atoms with E-state index in [4.69, 9.17) is 28.4 Å². The predicted octanol–water partition coefficient (Wildman–Crippen LogP) is 1.79. The molecule has 5 N–H and O–H groups in total. The highest BCUT2D eigenvalue weighted by molar-refractivity contribution is 5.83. The molecule has 0 spiro atoms. The van der Waals surface area contributed by atoms with E-state index in [1.807, 2.05) is 25.9 Å². The minimum atomic E-state index is -1.99. The van der Waals surface area contributed by atoms with Crippen molar-refractivity contribution in [3.8, 4) is 0 Å². The molecule has 14 nitrogen and oxygen atoms in total. The molecule has 0 aromatic carbocycles. The molecule has 3 saturated heterocycles. The highest BCUT2D eigenvalue weighted by Gasteiger charge is 2.53. The highest BCUT2D eigenvalue weighted by Crippen LogP contribution is 2.40. The third kappa shape index (κ3) is 9.51. The van der Waals surface area contributed by atoms with Crippen LogP contribution in [0.5, 0.6) is 0 Å². The van der Waals surface area contributed by atoms with Gasteiger partial charge in [-0.25, -0.2) is 0 Å². The summed E-state index contributed by atoms with van der Waals surface area (Å²) in [6, 6.07) is -0.324. The SMILES string of the molecule is CC[C@H]1OC(=O)[C@H](C)[C@@H](O[C@H]2C[C@@](C)(OC)[C@@H](O)[C@H](C)O2)[C@H](C)[C@@H](O[C@@H]2O[C@H](C)C[C@H](N(C)C)[C@H]2O)[C@](C)(O)C[C@H](C)C(=O)[C@H](C)[C@@H](O)[C@]1(C)O. The molecule has 51 heavy (non-hydrogen) atoms. The molecular formula is C37H67NO13. The fraction of sp³-hybridized carbons (Fsp3) is 0.946. The monoisotopic (exact) mass is 733 g/mol. The van der Waals surface area contributed by atoms with Crippen LogP contribution in [-0.4, -0.2) is 148 Å². The number of rotatable bonds is 7. The molecule has 18 atom stereocenters. The van der Waals surface area contributed by atoms with Crippen LogP contribution in [0.15, 0.2) is 0 Å². The molecule has 0 unspecified atom stereocenters. The van der Waals surface area contributed by atoms with Gasteiger partial charge in [0.2, 0.25) is 0 Å². The smallest absolute Gasteiger partial charge is 0.311 e. The Balaban J connectivity index is 2.18. The Morgan fingerprint density at radius 3 is 2.04 bits per heavy atom. The number of hydrogen-bond acceptors (Lipinski definition) is 14. The lowest BCUT2D eigenvalue weighted by molar-refractivity contribution is -0.318. The van der Waals surface area contributed by atoms with E-state index in [-0.39, 0.29) is 31.4 Å². The minimum absolute atomic E-state index is 0.0936. The zero-order valence-electron chi connectivity index (χ0n) is 32.9. The van der Waals surface area contributed by atoms with Gasteiger partial charge in [0.05, 0.1) is 47.6 Å².